The number of hydrogen-bond acceptors (Lipinski definition) is 5. The predicted molar refractivity (Wildman–Crippen MR) is 74.9 cm³/mol. The van der Waals surface area contributed by atoms with Crippen molar-refractivity contribution in [2.75, 3.05) is 5.32 Å². The molecule has 2 aromatic rings. The van der Waals surface area contributed by atoms with Gasteiger partial charge < -0.3 is 5.32 Å². The fourth-order valence-corrected chi connectivity index (χ4v) is 2.68. The van der Waals surface area contributed by atoms with Crippen LogP contribution < -0.4 is 5.32 Å². The maximum Gasteiger partial charge on any atom is 0.283 e. The summed E-state index contributed by atoms with van der Waals surface area (Å²) in [5.74, 6) is 0. The molecule has 94 valence electrons. The minimum atomic E-state index is -0.419. The van der Waals surface area contributed by atoms with Crippen molar-refractivity contribution in [3.8, 4) is 0 Å². The molecule has 0 fully saturated rings. The van der Waals surface area contributed by atoms with Gasteiger partial charge in [-0.25, -0.2) is 4.98 Å². The number of hydrogen-bond donors (Lipinski definition) is 1. The lowest BCUT2D eigenvalue weighted by molar-refractivity contribution is -0.385. The van der Waals surface area contributed by atoms with E-state index < -0.39 is 4.92 Å². The molecule has 0 bridgehead atoms. The van der Waals surface area contributed by atoms with Gasteiger partial charge in [0.1, 0.15) is 0 Å². The lowest BCUT2D eigenvalue weighted by atomic mass is 10.2. The highest BCUT2D eigenvalue weighted by molar-refractivity contribution is 9.10. The largest absolute Gasteiger partial charge is 0.377 e. The van der Waals surface area contributed by atoms with Crippen molar-refractivity contribution in [2.45, 2.75) is 13.0 Å². The van der Waals surface area contributed by atoms with E-state index in [1.54, 1.807) is 17.6 Å². The lowest BCUT2D eigenvalue weighted by Gasteiger charge is -2.13. The van der Waals surface area contributed by atoms with Crippen molar-refractivity contribution in [1.29, 1.82) is 0 Å². The maximum absolute atomic E-state index is 10.7. The Bertz CT molecular complexity index is 559. The molecule has 0 aliphatic carbocycles. The molecule has 2 rings (SSSR count). The van der Waals surface area contributed by atoms with Gasteiger partial charge in [0.15, 0.2) is 0 Å². The number of anilines is 1. The highest BCUT2D eigenvalue weighted by Gasteiger charge is 2.13. The summed E-state index contributed by atoms with van der Waals surface area (Å²) in [7, 11) is 0. The highest BCUT2D eigenvalue weighted by Crippen LogP contribution is 2.29. The van der Waals surface area contributed by atoms with Gasteiger partial charge in [-0.05, 0) is 35.0 Å². The number of nitrogens with one attached hydrogen (secondary N) is 1. The summed E-state index contributed by atoms with van der Waals surface area (Å²) >= 11 is 4.73. The van der Waals surface area contributed by atoms with Crippen molar-refractivity contribution in [3.63, 3.8) is 0 Å². The fourth-order valence-electron chi connectivity index (χ4n) is 1.50. The molecular weight excluding hydrogens is 318 g/mol. The molecule has 0 radical (unpaired) electrons. The van der Waals surface area contributed by atoms with Gasteiger partial charge in [-0.1, -0.05) is 0 Å². The fraction of sp³-hybridized carbons (Fsp3) is 0.182. The Morgan fingerprint density at radius 2 is 2.33 bits per heavy atom. The third-order valence-corrected chi connectivity index (χ3v) is 3.66. The van der Waals surface area contributed by atoms with Crippen LogP contribution >= 0.6 is 27.3 Å². The number of benzene rings is 1. The number of aromatic nitrogens is 1. The first kappa shape index (κ1) is 13.0. The smallest absolute Gasteiger partial charge is 0.283 e. The summed E-state index contributed by atoms with van der Waals surface area (Å²) in [6, 6.07) is 4.91. The summed E-state index contributed by atoms with van der Waals surface area (Å²) in [5.41, 5.74) is 3.60. The van der Waals surface area contributed by atoms with E-state index >= 15 is 0 Å². The molecule has 1 heterocycles. The van der Waals surface area contributed by atoms with Crippen LogP contribution in [0.25, 0.3) is 0 Å². The van der Waals surface area contributed by atoms with E-state index in [1.807, 2.05) is 12.3 Å². The van der Waals surface area contributed by atoms with Gasteiger partial charge in [-0.2, -0.15) is 0 Å². The Kier molecular flexibility index (Phi) is 3.93. The minimum Gasteiger partial charge on any atom is -0.377 e. The van der Waals surface area contributed by atoms with Gasteiger partial charge in [-0.15, -0.1) is 11.3 Å². The van der Waals surface area contributed by atoms with E-state index in [-0.39, 0.29) is 11.7 Å². The lowest BCUT2D eigenvalue weighted by Crippen LogP contribution is -2.06. The number of nitro groups is 1. The second kappa shape index (κ2) is 5.45. The van der Waals surface area contributed by atoms with E-state index in [4.69, 9.17) is 0 Å². The summed E-state index contributed by atoms with van der Waals surface area (Å²) in [4.78, 5) is 14.5. The molecule has 1 aromatic carbocycles. The first-order valence-corrected chi connectivity index (χ1v) is 6.90. The van der Waals surface area contributed by atoms with Gasteiger partial charge >= 0.3 is 0 Å². The highest BCUT2D eigenvalue weighted by atomic mass is 79.9. The summed E-state index contributed by atoms with van der Waals surface area (Å²) in [6.45, 7) is 1.99. The van der Waals surface area contributed by atoms with Crippen LogP contribution in [0.2, 0.25) is 0 Å². The van der Waals surface area contributed by atoms with E-state index in [9.17, 15) is 10.1 Å². The van der Waals surface area contributed by atoms with E-state index in [0.29, 0.717) is 4.47 Å². The number of halogens is 1. The zero-order chi connectivity index (χ0) is 13.1. The Morgan fingerprint density at radius 3 is 2.89 bits per heavy atom. The quantitative estimate of drug-likeness (QED) is 0.681. The molecule has 0 aliphatic rings. The SMILES string of the molecule is CC(Nc1ccc([N+](=O)[O-])c(Br)c1)c1cscn1. The van der Waals surface area contributed by atoms with Crippen molar-refractivity contribution < 1.29 is 4.92 Å². The number of rotatable bonds is 4. The maximum atomic E-state index is 10.7. The van der Waals surface area contributed by atoms with Crippen molar-refractivity contribution >= 4 is 38.6 Å². The molecule has 7 heteroatoms. The molecule has 1 unspecified atom stereocenters. The topological polar surface area (TPSA) is 68.1 Å². The van der Waals surface area contributed by atoms with E-state index in [0.717, 1.165) is 11.4 Å². The molecular formula is C11H10BrN3O2S. The molecule has 5 nitrogen and oxygen atoms in total. The van der Waals surface area contributed by atoms with E-state index in [2.05, 4.69) is 26.2 Å². The summed E-state index contributed by atoms with van der Waals surface area (Å²) < 4.78 is 0.461. The van der Waals surface area contributed by atoms with Crippen molar-refractivity contribution in [1.82, 2.24) is 4.98 Å². The molecule has 0 amide bonds. The van der Waals surface area contributed by atoms with Crippen LogP contribution in [-0.2, 0) is 0 Å². The molecule has 0 spiro atoms. The molecule has 0 saturated heterocycles. The molecule has 1 N–H and O–H groups in total. The first-order valence-electron chi connectivity index (χ1n) is 5.16. The Balaban J connectivity index is 2.15. The monoisotopic (exact) mass is 327 g/mol. The summed E-state index contributed by atoms with van der Waals surface area (Å²) in [6.07, 6.45) is 0. The second-order valence-corrected chi connectivity index (χ2v) is 5.28. The minimum absolute atomic E-state index is 0.0573. The predicted octanol–water partition coefficient (Wildman–Crippen LogP) is 3.99. The van der Waals surface area contributed by atoms with E-state index in [1.165, 1.54) is 17.4 Å². The Morgan fingerprint density at radius 1 is 1.56 bits per heavy atom. The van der Waals surface area contributed by atoms with Crippen LogP contribution in [0, 0.1) is 10.1 Å². The molecule has 0 saturated carbocycles. The first-order chi connectivity index (χ1) is 8.58. The van der Waals surface area contributed by atoms with Gasteiger partial charge in [0, 0.05) is 17.1 Å². The van der Waals surface area contributed by atoms with Crippen LogP contribution in [-0.4, -0.2) is 9.91 Å². The Labute approximate surface area is 116 Å². The average Bonchev–Trinajstić information content (AvgIpc) is 2.81. The van der Waals surface area contributed by atoms with Crippen LogP contribution in [0.1, 0.15) is 18.7 Å². The molecule has 1 atom stereocenters. The van der Waals surface area contributed by atoms with Gasteiger partial charge in [0.25, 0.3) is 5.69 Å². The second-order valence-electron chi connectivity index (χ2n) is 3.70. The third kappa shape index (κ3) is 2.85. The number of thiazole rings is 1. The normalized spacial score (nSPS) is 12.1. The zero-order valence-electron chi connectivity index (χ0n) is 9.46. The molecule has 1 aromatic heterocycles. The average molecular weight is 328 g/mol. The zero-order valence-corrected chi connectivity index (χ0v) is 11.9. The number of nitro benzene ring substituents is 1. The Hall–Kier alpha value is -1.47. The molecule has 0 aliphatic heterocycles. The van der Waals surface area contributed by atoms with Crippen LogP contribution in [0.15, 0.2) is 33.6 Å². The molecule has 18 heavy (non-hydrogen) atoms. The van der Waals surface area contributed by atoms with Crippen LogP contribution in [0.4, 0.5) is 11.4 Å². The third-order valence-electron chi connectivity index (χ3n) is 2.42. The summed E-state index contributed by atoms with van der Waals surface area (Å²) in [5, 5.41) is 15.9. The van der Waals surface area contributed by atoms with Gasteiger partial charge in [0.2, 0.25) is 0 Å². The van der Waals surface area contributed by atoms with Crippen LogP contribution in [0.3, 0.4) is 0 Å². The van der Waals surface area contributed by atoms with Crippen molar-refractivity contribution in [2.24, 2.45) is 0 Å². The standard InChI is InChI=1S/C11H10BrN3O2S/c1-7(10-5-18-6-13-10)14-8-2-3-11(15(16)17)9(12)4-8/h2-7,14H,1H3. The number of nitrogens with zero attached hydrogens (tertiary/aromatic N) is 2. The van der Waals surface area contributed by atoms with Crippen molar-refractivity contribution in [3.05, 3.63) is 49.4 Å². The van der Waals surface area contributed by atoms with Gasteiger partial charge in [-0.3, -0.25) is 10.1 Å². The van der Waals surface area contributed by atoms with Gasteiger partial charge in [0.05, 0.1) is 26.6 Å². The van der Waals surface area contributed by atoms with Crippen LogP contribution in [0.5, 0.6) is 0 Å².